The second-order valence-electron chi connectivity index (χ2n) is 5.91. The van der Waals surface area contributed by atoms with Crippen molar-refractivity contribution in [3.8, 4) is 0 Å². The molecule has 22 heavy (non-hydrogen) atoms. The van der Waals surface area contributed by atoms with E-state index in [-0.39, 0.29) is 6.04 Å². The van der Waals surface area contributed by atoms with Gasteiger partial charge >= 0.3 is 0 Å². The maximum Gasteiger partial charge on any atom is 0.131 e. The molecule has 1 saturated heterocycles. The summed E-state index contributed by atoms with van der Waals surface area (Å²) in [5.74, 6) is 1.65. The van der Waals surface area contributed by atoms with Crippen LogP contribution in [-0.2, 0) is 17.7 Å². The van der Waals surface area contributed by atoms with Crippen molar-refractivity contribution < 1.29 is 13.2 Å². The molecule has 1 unspecified atom stereocenters. The van der Waals surface area contributed by atoms with E-state index in [1.807, 2.05) is 17.0 Å². The normalized spacial score (nSPS) is 25.4. The zero-order valence-electron chi connectivity index (χ0n) is 12.5. The molecule has 1 fully saturated rings. The molecule has 2 aliphatic rings. The van der Waals surface area contributed by atoms with Crippen LogP contribution in [0.5, 0.6) is 0 Å². The standard InChI is InChI=1S/C14H21FN4O2S/c1-18(22(20)21)6-5-12-8-10-2-3-13(17-14(10)16-12)19-7-4-11(15)9-19/h2-3,11-12H,4-9H2,1H3,(H,16,17)(H,20,21)/p-1/t11-,12-/m0/s1. The molecule has 1 N–H and O–H groups in total. The number of aromatic nitrogens is 1. The van der Waals surface area contributed by atoms with Gasteiger partial charge in [-0.3, -0.25) is 4.21 Å². The first kappa shape index (κ1) is 15.6. The minimum absolute atomic E-state index is 0.191. The Labute approximate surface area is 132 Å². The van der Waals surface area contributed by atoms with Gasteiger partial charge in [-0.15, -0.1) is 0 Å². The summed E-state index contributed by atoms with van der Waals surface area (Å²) in [6.07, 6.45) is 1.37. The van der Waals surface area contributed by atoms with Crippen LogP contribution in [0.1, 0.15) is 18.4 Å². The first-order chi connectivity index (χ1) is 10.5. The van der Waals surface area contributed by atoms with Crippen LogP contribution in [-0.4, -0.2) is 56.9 Å². The fourth-order valence-corrected chi connectivity index (χ4v) is 3.22. The van der Waals surface area contributed by atoms with Gasteiger partial charge in [0.25, 0.3) is 0 Å². The van der Waals surface area contributed by atoms with Crippen molar-refractivity contribution >= 4 is 22.9 Å². The van der Waals surface area contributed by atoms with Crippen molar-refractivity contribution in [3.05, 3.63) is 17.7 Å². The van der Waals surface area contributed by atoms with Crippen LogP contribution < -0.4 is 10.2 Å². The predicted molar refractivity (Wildman–Crippen MR) is 83.2 cm³/mol. The monoisotopic (exact) mass is 327 g/mol. The van der Waals surface area contributed by atoms with Gasteiger partial charge in [0.05, 0.1) is 6.54 Å². The Morgan fingerprint density at radius 3 is 3.09 bits per heavy atom. The molecule has 8 heteroatoms. The SMILES string of the molecule is CN(CC[C@H]1Cc2ccc(N3CC[C@H](F)C3)nc2N1)S(=O)[O-]. The maximum absolute atomic E-state index is 13.3. The quantitative estimate of drug-likeness (QED) is 0.820. The molecular formula is C14H20FN4O2S-. The van der Waals surface area contributed by atoms with Crippen molar-refractivity contribution in [1.29, 1.82) is 0 Å². The molecule has 0 radical (unpaired) electrons. The van der Waals surface area contributed by atoms with Gasteiger partial charge in [-0.1, -0.05) is 6.07 Å². The highest BCUT2D eigenvalue weighted by Gasteiger charge is 2.26. The molecule has 3 heterocycles. The molecule has 2 aliphatic heterocycles. The van der Waals surface area contributed by atoms with Gasteiger partial charge in [0.2, 0.25) is 0 Å². The van der Waals surface area contributed by atoms with E-state index >= 15 is 0 Å². The molecule has 3 rings (SSSR count). The Bertz CT molecular complexity index is 574. The number of nitrogens with one attached hydrogen (secondary N) is 1. The lowest BCUT2D eigenvalue weighted by molar-refractivity contribution is 0.364. The van der Waals surface area contributed by atoms with Crippen LogP contribution in [0.15, 0.2) is 12.1 Å². The lowest BCUT2D eigenvalue weighted by Crippen LogP contribution is -2.27. The minimum atomic E-state index is -2.17. The van der Waals surface area contributed by atoms with Crippen LogP contribution in [0.25, 0.3) is 0 Å². The molecule has 122 valence electrons. The van der Waals surface area contributed by atoms with Gasteiger partial charge in [-0.25, -0.2) is 13.7 Å². The zero-order chi connectivity index (χ0) is 15.7. The van der Waals surface area contributed by atoms with Crippen LogP contribution in [0, 0.1) is 0 Å². The second-order valence-corrected chi connectivity index (χ2v) is 6.97. The molecule has 1 aromatic rings. The second kappa shape index (κ2) is 6.47. The summed E-state index contributed by atoms with van der Waals surface area (Å²) in [4.78, 5) is 6.56. The van der Waals surface area contributed by atoms with Gasteiger partial charge in [0.15, 0.2) is 0 Å². The van der Waals surface area contributed by atoms with Crippen molar-refractivity contribution in [2.75, 3.05) is 36.9 Å². The summed E-state index contributed by atoms with van der Waals surface area (Å²) in [5.41, 5.74) is 1.13. The van der Waals surface area contributed by atoms with E-state index in [0.29, 0.717) is 26.1 Å². The largest absolute Gasteiger partial charge is 0.760 e. The molecule has 0 bridgehead atoms. The summed E-state index contributed by atoms with van der Waals surface area (Å²) in [6.45, 7) is 1.59. The van der Waals surface area contributed by atoms with Crippen molar-refractivity contribution in [2.45, 2.75) is 31.5 Å². The minimum Gasteiger partial charge on any atom is -0.760 e. The Balaban J connectivity index is 1.60. The average Bonchev–Trinajstić information content (AvgIpc) is 3.09. The van der Waals surface area contributed by atoms with Crippen molar-refractivity contribution in [3.63, 3.8) is 0 Å². The number of hydrogen-bond donors (Lipinski definition) is 1. The highest BCUT2D eigenvalue weighted by molar-refractivity contribution is 7.76. The fraction of sp³-hybridized carbons (Fsp3) is 0.643. The van der Waals surface area contributed by atoms with E-state index in [0.717, 1.165) is 30.0 Å². The van der Waals surface area contributed by atoms with Gasteiger partial charge in [-0.05, 0) is 37.9 Å². The number of anilines is 2. The first-order valence-electron chi connectivity index (χ1n) is 7.49. The number of rotatable bonds is 5. The number of alkyl halides is 1. The third-order valence-corrected chi connectivity index (χ3v) is 4.96. The molecule has 0 aliphatic carbocycles. The molecule has 3 atom stereocenters. The fourth-order valence-electron chi connectivity index (χ4n) is 2.97. The number of pyridine rings is 1. The van der Waals surface area contributed by atoms with E-state index in [1.165, 1.54) is 4.31 Å². The zero-order valence-corrected chi connectivity index (χ0v) is 13.3. The van der Waals surface area contributed by atoms with Crippen molar-refractivity contribution in [2.24, 2.45) is 0 Å². The number of nitrogens with zero attached hydrogens (tertiary/aromatic N) is 3. The molecule has 0 spiro atoms. The molecule has 0 aromatic carbocycles. The van der Waals surface area contributed by atoms with E-state index in [9.17, 15) is 13.2 Å². The molecule has 0 saturated carbocycles. The number of halogens is 1. The summed E-state index contributed by atoms with van der Waals surface area (Å²) >= 11 is -2.17. The topological polar surface area (TPSA) is 71.5 Å². The van der Waals surface area contributed by atoms with E-state index in [4.69, 9.17) is 0 Å². The average molecular weight is 327 g/mol. The summed E-state index contributed by atoms with van der Waals surface area (Å²) in [6, 6.07) is 4.17. The predicted octanol–water partition coefficient (Wildman–Crippen LogP) is 1.08. The molecule has 1 aromatic heterocycles. The third kappa shape index (κ3) is 3.39. The Kier molecular flexibility index (Phi) is 4.60. The van der Waals surface area contributed by atoms with Gasteiger partial charge in [0.1, 0.15) is 17.8 Å². The molecular weight excluding hydrogens is 307 g/mol. The van der Waals surface area contributed by atoms with E-state index < -0.39 is 17.4 Å². The van der Waals surface area contributed by atoms with Crippen LogP contribution in [0.4, 0.5) is 16.0 Å². The third-order valence-electron chi connectivity index (χ3n) is 4.27. The van der Waals surface area contributed by atoms with Crippen LogP contribution in [0.2, 0.25) is 0 Å². The Morgan fingerprint density at radius 1 is 1.59 bits per heavy atom. The highest BCUT2D eigenvalue weighted by Crippen LogP contribution is 2.29. The smallest absolute Gasteiger partial charge is 0.131 e. The van der Waals surface area contributed by atoms with Gasteiger partial charge in [-0.2, -0.15) is 0 Å². The van der Waals surface area contributed by atoms with E-state index in [2.05, 4.69) is 10.3 Å². The van der Waals surface area contributed by atoms with Gasteiger partial charge in [0, 0.05) is 30.4 Å². The van der Waals surface area contributed by atoms with E-state index in [1.54, 1.807) is 7.05 Å². The number of hydrogen-bond acceptors (Lipinski definition) is 5. The Morgan fingerprint density at radius 2 is 2.41 bits per heavy atom. The summed E-state index contributed by atoms with van der Waals surface area (Å²) < 4.78 is 36.2. The first-order valence-corrected chi connectivity index (χ1v) is 8.52. The molecule has 0 amide bonds. The summed E-state index contributed by atoms with van der Waals surface area (Å²) in [5, 5.41) is 3.34. The van der Waals surface area contributed by atoms with Gasteiger partial charge < -0.3 is 14.8 Å². The van der Waals surface area contributed by atoms with Crippen LogP contribution in [0.3, 0.4) is 0 Å². The lowest BCUT2D eigenvalue weighted by atomic mass is 10.1. The van der Waals surface area contributed by atoms with Crippen LogP contribution >= 0.6 is 0 Å². The Hall–Kier alpha value is -1.25. The lowest BCUT2D eigenvalue weighted by Gasteiger charge is -2.20. The summed E-state index contributed by atoms with van der Waals surface area (Å²) in [7, 11) is 1.56. The highest BCUT2D eigenvalue weighted by atomic mass is 32.2. The number of fused-ring (bicyclic) bond motifs is 1. The van der Waals surface area contributed by atoms with Crippen molar-refractivity contribution in [1.82, 2.24) is 9.29 Å². The molecule has 6 nitrogen and oxygen atoms in total. The maximum atomic E-state index is 13.3.